The Kier molecular flexibility index (Phi) is 5.47. The van der Waals surface area contributed by atoms with Crippen molar-refractivity contribution in [3.63, 3.8) is 0 Å². The van der Waals surface area contributed by atoms with Gasteiger partial charge in [-0.3, -0.25) is 14.9 Å². The third-order valence-corrected chi connectivity index (χ3v) is 4.22. The van der Waals surface area contributed by atoms with E-state index in [0.29, 0.717) is 18.3 Å². The van der Waals surface area contributed by atoms with Gasteiger partial charge in [-0.05, 0) is 44.4 Å². The van der Waals surface area contributed by atoms with Crippen LogP contribution < -0.4 is 10.6 Å². The molecule has 0 spiro atoms. The van der Waals surface area contributed by atoms with Crippen molar-refractivity contribution in [1.29, 1.82) is 0 Å². The fourth-order valence-corrected chi connectivity index (χ4v) is 2.99. The molecule has 0 aliphatic carbocycles. The van der Waals surface area contributed by atoms with Gasteiger partial charge in [0, 0.05) is 19.6 Å². The van der Waals surface area contributed by atoms with Crippen molar-refractivity contribution in [2.75, 3.05) is 25.0 Å². The molecule has 0 saturated carbocycles. The summed E-state index contributed by atoms with van der Waals surface area (Å²) in [5, 5.41) is 13.4. The number of anilines is 1. The number of piperidine rings is 1. The average molecular weight is 332 g/mol. The second-order valence-electron chi connectivity index (χ2n) is 6.12. The number of amides is 2. The van der Waals surface area contributed by atoms with Gasteiger partial charge in [0.25, 0.3) is 0 Å². The summed E-state index contributed by atoms with van der Waals surface area (Å²) in [5.41, 5.74) is 0. The monoisotopic (exact) mass is 332 g/mol. The zero-order valence-corrected chi connectivity index (χ0v) is 13.9. The van der Waals surface area contributed by atoms with Crippen LogP contribution in [0.4, 0.5) is 10.6 Å². The van der Waals surface area contributed by atoms with Gasteiger partial charge in [0.05, 0.1) is 19.0 Å². The van der Waals surface area contributed by atoms with Gasteiger partial charge in [0.2, 0.25) is 0 Å². The maximum atomic E-state index is 12.0. The first-order valence-corrected chi connectivity index (χ1v) is 8.42. The molecular formula is C16H24N6O2. The maximum absolute atomic E-state index is 12.0. The van der Waals surface area contributed by atoms with Crippen molar-refractivity contribution >= 4 is 11.8 Å². The summed E-state index contributed by atoms with van der Waals surface area (Å²) >= 11 is 0. The quantitative estimate of drug-likeness (QED) is 0.844. The van der Waals surface area contributed by atoms with E-state index in [1.54, 1.807) is 17.1 Å². The third-order valence-electron chi connectivity index (χ3n) is 4.22. The highest BCUT2D eigenvalue weighted by atomic mass is 16.3. The Bertz CT molecular complexity index is 639. The van der Waals surface area contributed by atoms with E-state index in [2.05, 4.69) is 25.8 Å². The van der Waals surface area contributed by atoms with Crippen molar-refractivity contribution in [2.45, 2.75) is 32.9 Å². The highest BCUT2D eigenvalue weighted by Gasteiger charge is 2.21. The molecule has 1 fully saturated rings. The van der Waals surface area contributed by atoms with Gasteiger partial charge in [-0.15, -0.1) is 5.10 Å². The number of hydrogen-bond donors (Lipinski definition) is 2. The molecule has 3 rings (SSSR count). The van der Waals surface area contributed by atoms with Gasteiger partial charge in [-0.1, -0.05) is 5.21 Å². The van der Waals surface area contributed by atoms with E-state index in [-0.39, 0.29) is 6.03 Å². The Morgan fingerprint density at radius 3 is 3.17 bits per heavy atom. The number of nitrogens with one attached hydrogen (secondary N) is 2. The standard InChI is InChI=1S/C16H24N6O2/c1-2-22-12-15(19-20-22)18-16(23)17-9-13-5-3-7-21(10-13)11-14-6-4-8-24-14/h4,6,8,12-13H,2-3,5,7,9-11H2,1H3,(H2,17,18,23). The lowest BCUT2D eigenvalue weighted by Gasteiger charge is -2.32. The molecule has 2 aromatic heterocycles. The van der Waals surface area contributed by atoms with Crippen LogP contribution in [0.1, 0.15) is 25.5 Å². The van der Waals surface area contributed by atoms with E-state index in [1.807, 2.05) is 19.1 Å². The Hall–Kier alpha value is -2.35. The van der Waals surface area contributed by atoms with Crippen molar-refractivity contribution in [3.05, 3.63) is 30.4 Å². The molecule has 3 heterocycles. The molecule has 1 atom stereocenters. The van der Waals surface area contributed by atoms with E-state index in [4.69, 9.17) is 4.42 Å². The molecule has 8 nitrogen and oxygen atoms in total. The van der Waals surface area contributed by atoms with Crippen LogP contribution in [-0.2, 0) is 13.1 Å². The SMILES string of the molecule is CCn1cc(NC(=O)NCC2CCCN(Cc3ccco3)C2)nn1. The van der Waals surface area contributed by atoms with E-state index in [1.165, 1.54) is 0 Å². The number of carbonyl (C=O) groups excluding carboxylic acids is 1. The second-order valence-corrected chi connectivity index (χ2v) is 6.12. The molecule has 1 unspecified atom stereocenters. The van der Waals surface area contributed by atoms with Crippen LogP contribution in [0.2, 0.25) is 0 Å². The number of urea groups is 1. The van der Waals surface area contributed by atoms with Crippen LogP contribution in [0.15, 0.2) is 29.0 Å². The van der Waals surface area contributed by atoms with E-state index < -0.39 is 0 Å². The second kappa shape index (κ2) is 7.96. The Balaban J connectivity index is 1.41. The summed E-state index contributed by atoms with van der Waals surface area (Å²) in [6, 6.07) is 3.68. The molecule has 1 aliphatic heterocycles. The fraction of sp³-hybridized carbons (Fsp3) is 0.562. The summed E-state index contributed by atoms with van der Waals surface area (Å²) in [5.74, 6) is 1.91. The number of aromatic nitrogens is 3. The summed E-state index contributed by atoms with van der Waals surface area (Å²) in [6.07, 6.45) is 5.68. The molecule has 130 valence electrons. The van der Waals surface area contributed by atoms with Crippen molar-refractivity contribution in [3.8, 4) is 0 Å². The number of hydrogen-bond acceptors (Lipinski definition) is 5. The minimum Gasteiger partial charge on any atom is -0.468 e. The lowest BCUT2D eigenvalue weighted by Crippen LogP contribution is -2.41. The van der Waals surface area contributed by atoms with Crippen LogP contribution in [0.5, 0.6) is 0 Å². The molecule has 2 N–H and O–H groups in total. The van der Waals surface area contributed by atoms with Gasteiger partial charge in [0.15, 0.2) is 5.82 Å². The van der Waals surface area contributed by atoms with Gasteiger partial charge >= 0.3 is 6.03 Å². The van der Waals surface area contributed by atoms with E-state index in [9.17, 15) is 4.79 Å². The first-order chi connectivity index (χ1) is 11.7. The van der Waals surface area contributed by atoms with Crippen LogP contribution in [0.3, 0.4) is 0 Å². The van der Waals surface area contributed by atoms with E-state index >= 15 is 0 Å². The lowest BCUT2D eigenvalue weighted by atomic mass is 9.98. The summed E-state index contributed by atoms with van der Waals surface area (Å²) in [7, 11) is 0. The third kappa shape index (κ3) is 4.58. The van der Waals surface area contributed by atoms with E-state index in [0.717, 1.165) is 44.8 Å². The smallest absolute Gasteiger partial charge is 0.320 e. The molecule has 0 aromatic carbocycles. The number of aryl methyl sites for hydroxylation is 1. The summed E-state index contributed by atoms with van der Waals surface area (Å²) < 4.78 is 7.08. The van der Waals surface area contributed by atoms with Crippen molar-refractivity contribution < 1.29 is 9.21 Å². The molecule has 1 aliphatic rings. The minimum atomic E-state index is -0.235. The summed E-state index contributed by atoms with van der Waals surface area (Å²) in [6.45, 7) is 6.22. The molecule has 24 heavy (non-hydrogen) atoms. The number of rotatable bonds is 6. The van der Waals surface area contributed by atoms with Crippen LogP contribution in [0.25, 0.3) is 0 Å². The number of carbonyl (C=O) groups is 1. The largest absolute Gasteiger partial charge is 0.468 e. The number of furan rings is 1. The Morgan fingerprint density at radius 2 is 2.42 bits per heavy atom. The molecule has 1 saturated heterocycles. The Morgan fingerprint density at radius 1 is 1.50 bits per heavy atom. The van der Waals surface area contributed by atoms with Gasteiger partial charge < -0.3 is 9.73 Å². The van der Waals surface area contributed by atoms with Crippen molar-refractivity contribution in [2.24, 2.45) is 5.92 Å². The highest BCUT2D eigenvalue weighted by Crippen LogP contribution is 2.18. The molecular weight excluding hydrogens is 308 g/mol. The van der Waals surface area contributed by atoms with Crippen LogP contribution in [-0.4, -0.2) is 45.6 Å². The average Bonchev–Trinajstić information content (AvgIpc) is 3.25. The predicted octanol–water partition coefficient (Wildman–Crippen LogP) is 1.92. The molecule has 2 aromatic rings. The first kappa shape index (κ1) is 16.5. The normalized spacial score (nSPS) is 18.5. The van der Waals surface area contributed by atoms with Crippen LogP contribution >= 0.6 is 0 Å². The zero-order chi connectivity index (χ0) is 16.8. The number of nitrogens with zero attached hydrogens (tertiary/aromatic N) is 4. The highest BCUT2D eigenvalue weighted by molar-refractivity contribution is 5.87. The van der Waals surface area contributed by atoms with Gasteiger partial charge in [-0.25, -0.2) is 4.79 Å². The van der Waals surface area contributed by atoms with Crippen molar-refractivity contribution in [1.82, 2.24) is 25.2 Å². The molecule has 8 heteroatoms. The molecule has 0 bridgehead atoms. The lowest BCUT2D eigenvalue weighted by molar-refractivity contribution is 0.156. The molecule has 2 amide bonds. The zero-order valence-electron chi connectivity index (χ0n) is 13.9. The molecule has 0 radical (unpaired) electrons. The predicted molar refractivity (Wildman–Crippen MR) is 89.4 cm³/mol. The topological polar surface area (TPSA) is 88.2 Å². The Labute approximate surface area is 141 Å². The first-order valence-electron chi connectivity index (χ1n) is 8.42. The number of likely N-dealkylation sites (tertiary alicyclic amines) is 1. The fourth-order valence-electron chi connectivity index (χ4n) is 2.99. The van der Waals surface area contributed by atoms with Crippen LogP contribution in [0, 0.1) is 5.92 Å². The summed E-state index contributed by atoms with van der Waals surface area (Å²) in [4.78, 5) is 14.3. The van der Waals surface area contributed by atoms with Gasteiger partial charge in [0.1, 0.15) is 5.76 Å². The van der Waals surface area contributed by atoms with Gasteiger partial charge in [-0.2, -0.15) is 0 Å². The minimum absolute atomic E-state index is 0.235. The maximum Gasteiger partial charge on any atom is 0.320 e.